The smallest absolute Gasteiger partial charge is 0.343 e. The molecule has 0 heterocycles. The average Bonchev–Trinajstić information content (AvgIpc) is 2.69. The zero-order chi connectivity index (χ0) is 19.9. The molecule has 0 saturated heterocycles. The van der Waals surface area contributed by atoms with E-state index in [0.29, 0.717) is 5.56 Å². The summed E-state index contributed by atoms with van der Waals surface area (Å²) in [6.45, 7) is 0. The highest BCUT2D eigenvalue weighted by Gasteiger charge is 2.10. The van der Waals surface area contributed by atoms with Gasteiger partial charge in [-0.25, -0.2) is 14.6 Å². The summed E-state index contributed by atoms with van der Waals surface area (Å²) in [5.41, 5.74) is 3.17. The van der Waals surface area contributed by atoms with E-state index in [4.69, 9.17) is 4.74 Å². The van der Waals surface area contributed by atoms with E-state index in [1.807, 2.05) is 0 Å². The molecular weight excluding hydrogens is 363 g/mol. The molecule has 2 N–H and O–H groups in total. The normalized spacial score (nSPS) is 10.6. The molecule has 0 unspecified atom stereocenters. The van der Waals surface area contributed by atoms with Crippen molar-refractivity contribution >= 4 is 18.1 Å². The standard InChI is InChI=1S/C21H15FN2O4/c22-16-5-3-4-15(12-16)21(27)28-17-10-8-14(9-11-17)13-23-24-20(26)18-6-1-2-7-19(18)25/h1-13,25H,(H,24,26)/b23-13+. The van der Waals surface area contributed by atoms with Gasteiger partial charge in [0.05, 0.1) is 17.3 Å². The van der Waals surface area contributed by atoms with Gasteiger partial charge in [0.1, 0.15) is 17.3 Å². The quantitative estimate of drug-likeness (QED) is 0.308. The second-order valence-electron chi connectivity index (χ2n) is 5.69. The average molecular weight is 378 g/mol. The molecule has 3 aromatic rings. The Morgan fingerprint density at radius 3 is 2.46 bits per heavy atom. The zero-order valence-electron chi connectivity index (χ0n) is 14.5. The van der Waals surface area contributed by atoms with E-state index in [1.165, 1.54) is 36.5 Å². The molecule has 0 bridgehead atoms. The lowest BCUT2D eigenvalue weighted by Gasteiger charge is -2.05. The minimum atomic E-state index is -0.671. The summed E-state index contributed by atoms with van der Waals surface area (Å²) in [5, 5.41) is 13.4. The molecule has 140 valence electrons. The highest BCUT2D eigenvalue weighted by Crippen LogP contribution is 2.16. The van der Waals surface area contributed by atoms with Crippen LogP contribution < -0.4 is 10.2 Å². The number of benzene rings is 3. The number of esters is 1. The number of hydrogen-bond donors (Lipinski definition) is 2. The molecule has 0 aromatic heterocycles. The third kappa shape index (κ3) is 4.79. The number of nitrogens with one attached hydrogen (secondary N) is 1. The van der Waals surface area contributed by atoms with Crippen LogP contribution in [0.15, 0.2) is 77.9 Å². The molecule has 0 saturated carbocycles. The Balaban J connectivity index is 1.58. The SMILES string of the molecule is O=C(Oc1ccc(/C=N/NC(=O)c2ccccc2O)cc1)c1cccc(F)c1. The third-order valence-corrected chi connectivity index (χ3v) is 3.68. The van der Waals surface area contributed by atoms with Crippen LogP contribution in [0.1, 0.15) is 26.3 Å². The van der Waals surface area contributed by atoms with Crippen molar-refractivity contribution in [3.05, 3.63) is 95.3 Å². The number of hydrogen-bond acceptors (Lipinski definition) is 5. The van der Waals surface area contributed by atoms with Gasteiger partial charge in [0, 0.05) is 0 Å². The van der Waals surface area contributed by atoms with Crippen molar-refractivity contribution in [3.63, 3.8) is 0 Å². The van der Waals surface area contributed by atoms with E-state index in [-0.39, 0.29) is 22.6 Å². The van der Waals surface area contributed by atoms with Crippen molar-refractivity contribution in [1.82, 2.24) is 5.43 Å². The maximum atomic E-state index is 13.2. The summed E-state index contributed by atoms with van der Waals surface area (Å²) in [6, 6.07) is 17.7. The number of phenolic OH excluding ortho intramolecular Hbond substituents is 1. The number of carbonyl (C=O) groups excluding carboxylic acids is 2. The van der Waals surface area contributed by atoms with Gasteiger partial charge >= 0.3 is 5.97 Å². The molecule has 0 atom stereocenters. The van der Waals surface area contributed by atoms with Gasteiger partial charge in [-0.1, -0.05) is 18.2 Å². The summed E-state index contributed by atoms with van der Waals surface area (Å²) in [6.07, 6.45) is 1.40. The Morgan fingerprint density at radius 2 is 1.75 bits per heavy atom. The second kappa shape index (κ2) is 8.59. The number of para-hydroxylation sites is 1. The molecule has 1 amide bonds. The molecule has 3 aromatic carbocycles. The monoisotopic (exact) mass is 378 g/mol. The Labute approximate surface area is 159 Å². The molecule has 0 spiro atoms. The van der Waals surface area contributed by atoms with E-state index in [2.05, 4.69) is 10.5 Å². The van der Waals surface area contributed by atoms with E-state index in [0.717, 1.165) is 6.07 Å². The summed E-state index contributed by atoms with van der Waals surface area (Å²) in [4.78, 5) is 23.9. The van der Waals surface area contributed by atoms with Gasteiger partial charge in [0.25, 0.3) is 5.91 Å². The maximum Gasteiger partial charge on any atom is 0.343 e. The van der Waals surface area contributed by atoms with Crippen LogP contribution in [0.5, 0.6) is 11.5 Å². The van der Waals surface area contributed by atoms with Gasteiger partial charge in [0.15, 0.2) is 0 Å². The molecule has 0 aliphatic heterocycles. The number of rotatable bonds is 5. The highest BCUT2D eigenvalue weighted by atomic mass is 19.1. The third-order valence-electron chi connectivity index (χ3n) is 3.68. The van der Waals surface area contributed by atoms with Crippen molar-refractivity contribution < 1.29 is 23.8 Å². The summed E-state index contributed by atoms with van der Waals surface area (Å²) in [7, 11) is 0. The van der Waals surface area contributed by atoms with Crippen LogP contribution in [-0.4, -0.2) is 23.2 Å². The number of phenols is 1. The molecule has 3 rings (SSSR count). The molecule has 0 aliphatic carbocycles. The fraction of sp³-hybridized carbons (Fsp3) is 0. The Hall–Kier alpha value is -4.00. The largest absolute Gasteiger partial charge is 0.507 e. The first kappa shape index (κ1) is 18.8. The van der Waals surface area contributed by atoms with Crippen molar-refractivity contribution in [2.75, 3.05) is 0 Å². The number of hydrazone groups is 1. The van der Waals surface area contributed by atoms with Crippen LogP contribution >= 0.6 is 0 Å². The van der Waals surface area contributed by atoms with Gasteiger partial charge in [-0.15, -0.1) is 0 Å². The fourth-order valence-corrected chi connectivity index (χ4v) is 2.29. The van der Waals surface area contributed by atoms with Gasteiger partial charge in [0.2, 0.25) is 0 Å². The predicted molar refractivity (Wildman–Crippen MR) is 101 cm³/mol. The Bertz CT molecular complexity index is 1030. The van der Waals surface area contributed by atoms with Crippen LogP contribution in [0.2, 0.25) is 0 Å². The molecular formula is C21H15FN2O4. The number of amides is 1. The van der Waals surface area contributed by atoms with E-state index in [1.54, 1.807) is 36.4 Å². The lowest BCUT2D eigenvalue weighted by molar-refractivity contribution is 0.0734. The van der Waals surface area contributed by atoms with E-state index in [9.17, 15) is 19.1 Å². The van der Waals surface area contributed by atoms with Gasteiger partial charge in [-0.05, 0) is 60.2 Å². The first-order valence-corrected chi connectivity index (χ1v) is 8.22. The highest BCUT2D eigenvalue weighted by molar-refractivity contribution is 5.97. The maximum absolute atomic E-state index is 13.2. The van der Waals surface area contributed by atoms with Crippen molar-refractivity contribution in [3.8, 4) is 11.5 Å². The molecule has 0 aliphatic rings. The topological polar surface area (TPSA) is 88.0 Å². The molecule has 0 fully saturated rings. The van der Waals surface area contributed by atoms with Gasteiger partial charge < -0.3 is 9.84 Å². The summed E-state index contributed by atoms with van der Waals surface area (Å²) in [5.74, 6) is -1.60. The fourth-order valence-electron chi connectivity index (χ4n) is 2.29. The van der Waals surface area contributed by atoms with Gasteiger partial charge in [-0.2, -0.15) is 5.10 Å². The predicted octanol–water partition coefficient (Wildman–Crippen LogP) is 3.51. The molecule has 6 nitrogen and oxygen atoms in total. The van der Waals surface area contributed by atoms with Crippen LogP contribution in [0.4, 0.5) is 4.39 Å². The molecule has 28 heavy (non-hydrogen) atoms. The van der Waals surface area contributed by atoms with E-state index < -0.39 is 17.7 Å². The number of carbonyl (C=O) groups is 2. The lowest BCUT2D eigenvalue weighted by atomic mass is 10.2. The Morgan fingerprint density at radius 1 is 1.00 bits per heavy atom. The Kier molecular flexibility index (Phi) is 5.76. The van der Waals surface area contributed by atoms with Crippen LogP contribution in [-0.2, 0) is 0 Å². The minimum Gasteiger partial charge on any atom is -0.507 e. The van der Waals surface area contributed by atoms with Crippen molar-refractivity contribution in [2.45, 2.75) is 0 Å². The van der Waals surface area contributed by atoms with Crippen LogP contribution in [0, 0.1) is 5.82 Å². The molecule has 7 heteroatoms. The first-order valence-electron chi connectivity index (χ1n) is 8.22. The number of halogens is 1. The van der Waals surface area contributed by atoms with Crippen LogP contribution in [0.3, 0.4) is 0 Å². The summed E-state index contributed by atoms with van der Waals surface area (Å²) < 4.78 is 18.3. The van der Waals surface area contributed by atoms with E-state index >= 15 is 0 Å². The minimum absolute atomic E-state index is 0.109. The van der Waals surface area contributed by atoms with Gasteiger partial charge in [-0.3, -0.25) is 4.79 Å². The van der Waals surface area contributed by atoms with Crippen LogP contribution in [0.25, 0.3) is 0 Å². The van der Waals surface area contributed by atoms with Crippen molar-refractivity contribution in [2.24, 2.45) is 5.10 Å². The second-order valence-corrected chi connectivity index (χ2v) is 5.69. The number of aromatic hydroxyl groups is 1. The number of nitrogens with zero attached hydrogens (tertiary/aromatic N) is 1. The zero-order valence-corrected chi connectivity index (χ0v) is 14.5. The summed E-state index contributed by atoms with van der Waals surface area (Å²) >= 11 is 0. The lowest BCUT2D eigenvalue weighted by Crippen LogP contribution is -2.17. The molecule has 0 radical (unpaired) electrons. The van der Waals surface area contributed by atoms with Crippen molar-refractivity contribution in [1.29, 1.82) is 0 Å². The first-order chi connectivity index (χ1) is 13.5. The number of ether oxygens (including phenoxy) is 1.